The molecule has 0 spiro atoms. The lowest BCUT2D eigenvalue weighted by Gasteiger charge is -2.00. The Kier molecular flexibility index (Phi) is 3.08. The minimum absolute atomic E-state index is 0.151. The van der Waals surface area contributed by atoms with Crippen molar-refractivity contribution >= 4 is 33.2 Å². The number of aromatic nitrogens is 2. The predicted molar refractivity (Wildman–Crippen MR) is 75.2 cm³/mol. The molecule has 0 aliphatic rings. The number of hydrogen-bond acceptors (Lipinski definition) is 3. The van der Waals surface area contributed by atoms with Crippen molar-refractivity contribution in [1.29, 1.82) is 0 Å². The number of alkyl halides is 1. The number of thiophene rings is 1. The van der Waals surface area contributed by atoms with E-state index in [2.05, 4.69) is 9.97 Å². The molecular weight excluding hydrogens is 287 g/mol. The Morgan fingerprint density at radius 3 is 3.00 bits per heavy atom. The zero-order valence-corrected chi connectivity index (χ0v) is 11.2. The van der Waals surface area contributed by atoms with E-state index in [1.165, 1.54) is 23.5 Å². The van der Waals surface area contributed by atoms with E-state index in [9.17, 15) is 9.18 Å². The molecule has 0 amide bonds. The summed E-state index contributed by atoms with van der Waals surface area (Å²) in [4.78, 5) is 19.6. The Morgan fingerprint density at radius 1 is 1.42 bits per heavy atom. The lowest BCUT2D eigenvalue weighted by molar-refractivity contribution is 0.628. The number of halogens is 2. The predicted octanol–water partition coefficient (Wildman–Crippen LogP) is 3.53. The van der Waals surface area contributed by atoms with Crippen LogP contribution in [0.4, 0.5) is 4.39 Å². The van der Waals surface area contributed by atoms with Crippen LogP contribution in [0.15, 0.2) is 34.4 Å². The molecule has 1 N–H and O–H groups in total. The molecule has 0 unspecified atom stereocenters. The molecule has 2 heterocycles. The van der Waals surface area contributed by atoms with Gasteiger partial charge < -0.3 is 4.98 Å². The molecule has 2 aromatic heterocycles. The molecule has 3 nitrogen and oxygen atoms in total. The average molecular weight is 295 g/mol. The van der Waals surface area contributed by atoms with Gasteiger partial charge in [0, 0.05) is 10.9 Å². The first kappa shape index (κ1) is 12.3. The van der Waals surface area contributed by atoms with Gasteiger partial charge in [0.15, 0.2) is 0 Å². The third-order valence-corrected chi connectivity index (χ3v) is 3.88. The molecule has 0 saturated carbocycles. The van der Waals surface area contributed by atoms with Crippen molar-refractivity contribution in [2.75, 3.05) is 0 Å². The first-order valence-corrected chi connectivity index (χ1v) is 6.93. The zero-order valence-electron chi connectivity index (χ0n) is 9.61. The molecule has 3 rings (SSSR count). The SMILES string of the molecule is O=c1[nH]c(CCl)nc2scc(-c3cccc(F)c3)c12. The highest BCUT2D eigenvalue weighted by molar-refractivity contribution is 7.17. The Hall–Kier alpha value is -1.72. The van der Waals surface area contributed by atoms with Gasteiger partial charge in [-0.2, -0.15) is 0 Å². The topological polar surface area (TPSA) is 45.8 Å². The van der Waals surface area contributed by atoms with Crippen molar-refractivity contribution in [3.8, 4) is 11.1 Å². The summed E-state index contributed by atoms with van der Waals surface area (Å²) in [5, 5.41) is 2.28. The normalized spacial score (nSPS) is 11.1. The third-order valence-electron chi connectivity index (χ3n) is 2.76. The van der Waals surface area contributed by atoms with E-state index in [0.717, 1.165) is 0 Å². The molecule has 19 heavy (non-hydrogen) atoms. The molecule has 0 bridgehead atoms. The van der Waals surface area contributed by atoms with Crippen LogP contribution in [0.25, 0.3) is 21.3 Å². The summed E-state index contributed by atoms with van der Waals surface area (Å²) >= 11 is 7.01. The van der Waals surface area contributed by atoms with E-state index < -0.39 is 0 Å². The van der Waals surface area contributed by atoms with Gasteiger partial charge in [-0.05, 0) is 17.7 Å². The molecule has 0 radical (unpaired) electrons. The van der Waals surface area contributed by atoms with Crippen LogP contribution in [0, 0.1) is 5.82 Å². The standard InChI is InChI=1S/C13H8ClFN2OS/c14-5-10-16-12(18)11-9(6-19-13(11)17-10)7-2-1-3-8(15)4-7/h1-4,6H,5H2,(H,16,17,18). The number of benzene rings is 1. The molecule has 0 aliphatic carbocycles. The highest BCUT2D eigenvalue weighted by Crippen LogP contribution is 2.30. The minimum Gasteiger partial charge on any atom is -0.309 e. The van der Waals surface area contributed by atoms with Crippen molar-refractivity contribution in [3.05, 3.63) is 51.6 Å². The van der Waals surface area contributed by atoms with Crippen LogP contribution < -0.4 is 5.56 Å². The van der Waals surface area contributed by atoms with Crippen LogP contribution in [-0.4, -0.2) is 9.97 Å². The van der Waals surface area contributed by atoms with E-state index >= 15 is 0 Å². The fraction of sp³-hybridized carbons (Fsp3) is 0.0769. The van der Waals surface area contributed by atoms with Crippen molar-refractivity contribution in [2.45, 2.75) is 5.88 Å². The Bertz CT molecular complexity index is 812. The lowest BCUT2D eigenvalue weighted by Crippen LogP contribution is -2.10. The number of fused-ring (bicyclic) bond motifs is 1. The van der Waals surface area contributed by atoms with E-state index in [1.807, 2.05) is 0 Å². The second-order valence-corrected chi connectivity index (χ2v) is 5.11. The van der Waals surface area contributed by atoms with Gasteiger partial charge in [0.05, 0.1) is 11.3 Å². The maximum absolute atomic E-state index is 13.3. The number of aromatic amines is 1. The monoisotopic (exact) mass is 294 g/mol. The molecule has 0 fully saturated rings. The fourth-order valence-corrected chi connectivity index (χ4v) is 3.02. The van der Waals surface area contributed by atoms with E-state index in [-0.39, 0.29) is 17.3 Å². The van der Waals surface area contributed by atoms with Gasteiger partial charge in [0.25, 0.3) is 5.56 Å². The number of hydrogen-bond donors (Lipinski definition) is 1. The van der Waals surface area contributed by atoms with E-state index in [1.54, 1.807) is 17.5 Å². The Labute approximate surface area is 116 Å². The second kappa shape index (κ2) is 4.75. The van der Waals surface area contributed by atoms with Crippen molar-refractivity contribution < 1.29 is 4.39 Å². The van der Waals surface area contributed by atoms with Crippen molar-refractivity contribution in [3.63, 3.8) is 0 Å². The number of nitrogens with one attached hydrogen (secondary N) is 1. The van der Waals surface area contributed by atoms with Crippen LogP contribution in [0.2, 0.25) is 0 Å². The van der Waals surface area contributed by atoms with Gasteiger partial charge in [0.1, 0.15) is 16.5 Å². The summed E-state index contributed by atoms with van der Waals surface area (Å²) in [6.07, 6.45) is 0. The Balaban J connectivity index is 2.29. The first-order chi connectivity index (χ1) is 9.19. The maximum atomic E-state index is 13.3. The van der Waals surface area contributed by atoms with E-state index in [0.29, 0.717) is 27.2 Å². The van der Waals surface area contributed by atoms with Gasteiger partial charge >= 0.3 is 0 Å². The minimum atomic E-state index is -0.335. The third kappa shape index (κ3) is 2.15. The number of rotatable bonds is 2. The summed E-state index contributed by atoms with van der Waals surface area (Å²) < 4.78 is 13.3. The average Bonchev–Trinajstić information content (AvgIpc) is 2.83. The summed E-state index contributed by atoms with van der Waals surface area (Å²) in [7, 11) is 0. The summed E-state index contributed by atoms with van der Waals surface area (Å²) in [5.41, 5.74) is 1.10. The van der Waals surface area contributed by atoms with Gasteiger partial charge in [-0.25, -0.2) is 9.37 Å². The molecule has 6 heteroatoms. The largest absolute Gasteiger partial charge is 0.309 e. The molecular formula is C13H8ClFN2OS. The first-order valence-electron chi connectivity index (χ1n) is 5.51. The Morgan fingerprint density at radius 2 is 2.26 bits per heavy atom. The van der Waals surface area contributed by atoms with Crippen LogP contribution in [0.1, 0.15) is 5.82 Å². The lowest BCUT2D eigenvalue weighted by atomic mass is 10.1. The van der Waals surface area contributed by atoms with Gasteiger partial charge in [-0.15, -0.1) is 22.9 Å². The van der Waals surface area contributed by atoms with Crippen LogP contribution in [0.5, 0.6) is 0 Å². The summed E-state index contributed by atoms with van der Waals surface area (Å²) in [6.45, 7) is 0. The molecule has 96 valence electrons. The quantitative estimate of drug-likeness (QED) is 0.735. The second-order valence-electron chi connectivity index (χ2n) is 3.99. The highest BCUT2D eigenvalue weighted by Gasteiger charge is 2.12. The number of nitrogens with zero attached hydrogens (tertiary/aromatic N) is 1. The van der Waals surface area contributed by atoms with Crippen molar-refractivity contribution in [2.24, 2.45) is 0 Å². The van der Waals surface area contributed by atoms with Crippen LogP contribution in [-0.2, 0) is 5.88 Å². The zero-order chi connectivity index (χ0) is 13.4. The number of H-pyrrole nitrogens is 1. The maximum Gasteiger partial charge on any atom is 0.260 e. The summed E-state index contributed by atoms with van der Waals surface area (Å²) in [5.74, 6) is 0.253. The van der Waals surface area contributed by atoms with Gasteiger partial charge in [0.2, 0.25) is 0 Å². The molecule has 0 atom stereocenters. The van der Waals surface area contributed by atoms with Crippen molar-refractivity contribution in [1.82, 2.24) is 9.97 Å². The van der Waals surface area contributed by atoms with Crippen LogP contribution in [0.3, 0.4) is 0 Å². The molecule has 1 aromatic carbocycles. The molecule has 0 aliphatic heterocycles. The summed E-state index contributed by atoms with van der Waals surface area (Å²) in [6, 6.07) is 6.14. The van der Waals surface area contributed by atoms with E-state index in [4.69, 9.17) is 11.6 Å². The highest BCUT2D eigenvalue weighted by atomic mass is 35.5. The fourth-order valence-electron chi connectivity index (χ4n) is 1.93. The van der Waals surface area contributed by atoms with Gasteiger partial charge in [-0.1, -0.05) is 12.1 Å². The van der Waals surface area contributed by atoms with Crippen LogP contribution >= 0.6 is 22.9 Å². The smallest absolute Gasteiger partial charge is 0.260 e. The molecule has 0 saturated heterocycles. The molecule has 3 aromatic rings. The van der Waals surface area contributed by atoms with Gasteiger partial charge in [-0.3, -0.25) is 4.79 Å².